The summed E-state index contributed by atoms with van der Waals surface area (Å²) in [6.07, 6.45) is 21.7. The highest BCUT2D eigenvalue weighted by atomic mass is 16.6. The number of carbonyl (C=O) groups excluding carboxylic acids is 11. The van der Waals surface area contributed by atoms with Crippen molar-refractivity contribution in [2.75, 3.05) is 86.4 Å². The summed E-state index contributed by atoms with van der Waals surface area (Å²) in [4.78, 5) is 124. The molecule has 0 spiro atoms. The fourth-order valence-corrected chi connectivity index (χ4v) is 14.7. The van der Waals surface area contributed by atoms with E-state index in [1.165, 1.54) is 58.5 Å². The second-order valence-electron chi connectivity index (χ2n) is 38.5. The van der Waals surface area contributed by atoms with Gasteiger partial charge in [0.05, 0.1) is 78.7 Å². The number of esters is 11. The molecule has 4 bridgehead atoms. The van der Waals surface area contributed by atoms with Gasteiger partial charge in [-0.1, -0.05) is 153 Å². The van der Waals surface area contributed by atoms with Gasteiger partial charge >= 0.3 is 65.7 Å². The molecular weight excluding hydrogens is 1660 g/mol. The van der Waals surface area contributed by atoms with Gasteiger partial charge in [0.1, 0.15) is 93.9 Å². The first-order valence-corrected chi connectivity index (χ1v) is 48.0. The predicted molar refractivity (Wildman–Crippen MR) is 490 cm³/mol. The van der Waals surface area contributed by atoms with Gasteiger partial charge in [0.2, 0.25) is 0 Å². The lowest BCUT2D eigenvalue weighted by molar-refractivity contribution is -0.168. The molecule has 736 valence electrons. The summed E-state index contributed by atoms with van der Waals surface area (Å²) in [6, 6.07) is 19.0. The van der Waals surface area contributed by atoms with Crippen LogP contribution in [0.15, 0.2) is 60.7 Å². The van der Waals surface area contributed by atoms with Crippen LogP contribution in [0.5, 0.6) is 11.5 Å². The summed E-state index contributed by atoms with van der Waals surface area (Å²) in [5.74, 6) is 5.91. The third-order valence-corrected chi connectivity index (χ3v) is 26.1. The molecule has 0 amide bonds. The third-order valence-electron chi connectivity index (χ3n) is 26.1. The maximum Gasteiger partial charge on any atom is 0.344 e. The SMILES string of the molecule is CCC(C)(C)C(=O)OCC1CO1.CCC(C)(C)C(=O)OCC1CO1.CCC(C)(C)C(=O)OCC1CO1.CCC(C)C(=O)OC1CC2CC1C1CCCC21.CCC(C)C(=O)OC1CC2CC1C1CCCC21.CCC(C)C(=O)OCC(=O)OC.CCC(C)C(=O)OCC(=O)OC(C)(C)C.CCC(C)C(=O)OCCOc1ccccc1.CCC(C)C(=O)OCCOc1ccccc1. The Bertz CT molecular complexity index is 3370. The van der Waals surface area contributed by atoms with Crippen LogP contribution >= 0.6 is 0 Å². The average molecular weight is 1820 g/mol. The highest BCUT2D eigenvalue weighted by Gasteiger charge is 2.57. The molecule has 3 aliphatic heterocycles. The lowest BCUT2D eigenvalue weighted by Gasteiger charge is -2.31. The van der Waals surface area contributed by atoms with E-state index in [4.69, 9.17) is 66.3 Å². The lowest BCUT2D eigenvalue weighted by atomic mass is 9.80. The zero-order valence-corrected chi connectivity index (χ0v) is 83.2. The second kappa shape index (κ2) is 59.6. The number of hydrogen-bond donors (Lipinski definition) is 0. The van der Waals surface area contributed by atoms with Crippen molar-refractivity contribution in [3.63, 3.8) is 0 Å². The molecule has 0 radical (unpaired) electrons. The van der Waals surface area contributed by atoms with E-state index in [0.717, 1.165) is 125 Å². The number of methoxy groups -OCH3 is 1. The topological polar surface area (TPSA) is 345 Å². The van der Waals surface area contributed by atoms with Crippen LogP contribution in [-0.4, -0.2) is 188 Å². The number of hydrogen-bond acceptors (Lipinski definition) is 27. The molecule has 0 N–H and O–H groups in total. The van der Waals surface area contributed by atoms with Crippen LogP contribution in [-0.2, 0) is 119 Å². The molecule has 9 fully saturated rings. The monoisotopic (exact) mass is 1820 g/mol. The van der Waals surface area contributed by atoms with Crippen LogP contribution in [0.3, 0.4) is 0 Å². The number of rotatable bonds is 38. The zero-order chi connectivity index (χ0) is 96.8. The zero-order valence-electron chi connectivity index (χ0n) is 83.2. The Morgan fingerprint density at radius 3 is 0.899 bits per heavy atom. The molecule has 2 aromatic carbocycles. The van der Waals surface area contributed by atoms with Gasteiger partial charge in [-0.3, -0.25) is 43.2 Å². The Hall–Kier alpha value is -7.91. The second-order valence-corrected chi connectivity index (χ2v) is 38.5. The number of fused-ring (bicyclic) bond motifs is 10. The molecule has 27 nitrogen and oxygen atoms in total. The summed E-state index contributed by atoms with van der Waals surface area (Å²) >= 11 is 0. The fraction of sp³-hybridized carbons (Fsp3) is 0.775. The number of epoxide rings is 3. The number of carbonyl (C=O) groups is 11. The van der Waals surface area contributed by atoms with Crippen molar-refractivity contribution >= 4 is 65.7 Å². The molecule has 129 heavy (non-hydrogen) atoms. The molecule has 0 aromatic heterocycles. The first-order chi connectivity index (χ1) is 60.9. The Morgan fingerprint density at radius 2 is 0.628 bits per heavy atom. The molecule has 3 saturated heterocycles. The van der Waals surface area contributed by atoms with E-state index in [9.17, 15) is 52.7 Å². The lowest BCUT2D eigenvalue weighted by Crippen LogP contribution is -2.33. The first-order valence-electron chi connectivity index (χ1n) is 48.0. The normalized spacial score (nSPS) is 23.5. The Kier molecular flexibility index (Phi) is 53.2. The quantitative estimate of drug-likeness (QED) is 0.0261. The minimum Gasteiger partial charge on any atom is -0.490 e. The maximum absolute atomic E-state index is 11.9. The highest BCUT2D eigenvalue weighted by Crippen LogP contribution is 2.61. The predicted octanol–water partition coefficient (Wildman–Crippen LogP) is 18.9. The van der Waals surface area contributed by atoms with Crippen molar-refractivity contribution in [3.05, 3.63) is 60.7 Å². The summed E-state index contributed by atoms with van der Waals surface area (Å²) in [7, 11) is 1.25. The number of benzene rings is 2. The van der Waals surface area contributed by atoms with Crippen molar-refractivity contribution in [1.29, 1.82) is 0 Å². The van der Waals surface area contributed by atoms with Gasteiger partial charge in [0.15, 0.2) is 13.2 Å². The highest BCUT2D eigenvalue weighted by molar-refractivity contribution is 5.79. The van der Waals surface area contributed by atoms with Gasteiger partial charge in [-0.15, -0.1) is 0 Å². The van der Waals surface area contributed by atoms with Gasteiger partial charge in [-0.05, 0) is 243 Å². The molecule has 27 heteroatoms. The smallest absolute Gasteiger partial charge is 0.344 e. The van der Waals surface area contributed by atoms with Crippen LogP contribution in [0, 0.1) is 99.1 Å². The molecule has 6 aliphatic carbocycles. The molecule has 19 unspecified atom stereocenters. The van der Waals surface area contributed by atoms with Crippen LogP contribution < -0.4 is 9.47 Å². The maximum atomic E-state index is 11.9. The Balaban J connectivity index is 0.000000376. The molecule has 19 atom stereocenters. The van der Waals surface area contributed by atoms with E-state index >= 15 is 0 Å². The summed E-state index contributed by atoms with van der Waals surface area (Å²) < 4.78 is 81.1. The van der Waals surface area contributed by atoms with Crippen molar-refractivity contribution in [2.45, 2.75) is 324 Å². The van der Waals surface area contributed by atoms with E-state index < -0.39 is 17.5 Å². The summed E-state index contributed by atoms with van der Waals surface area (Å²) in [6.45, 7) is 49.9. The van der Waals surface area contributed by atoms with Crippen LogP contribution in [0.2, 0.25) is 0 Å². The molecule has 9 aliphatic rings. The van der Waals surface area contributed by atoms with Crippen LogP contribution in [0.1, 0.15) is 288 Å². The van der Waals surface area contributed by atoms with Gasteiger partial charge in [-0.2, -0.15) is 0 Å². The molecule has 6 saturated carbocycles. The number of ether oxygens (including phenoxy) is 16. The van der Waals surface area contributed by atoms with E-state index in [1.54, 1.807) is 34.6 Å². The van der Waals surface area contributed by atoms with Crippen LogP contribution in [0.4, 0.5) is 0 Å². The summed E-state index contributed by atoms with van der Waals surface area (Å²) in [5, 5.41) is 0. The fourth-order valence-electron chi connectivity index (χ4n) is 14.7. The van der Waals surface area contributed by atoms with E-state index in [2.05, 4.69) is 23.3 Å². The van der Waals surface area contributed by atoms with Crippen LogP contribution in [0.25, 0.3) is 0 Å². The van der Waals surface area contributed by atoms with Crippen molar-refractivity contribution in [3.8, 4) is 11.5 Å². The van der Waals surface area contributed by atoms with Gasteiger partial charge in [-0.25, -0.2) is 9.59 Å². The molecule has 11 rings (SSSR count). The standard InChI is InChI=1S/2C15H24O2.2C13H18O3.C11H20O4.3C9H16O3.C8H14O4/c2*1-3-9(2)15(16)17-14-8-10-7-13(14)12-6-4-5-11(10)12;2*1-3-11(2)13(14)16-10-9-15-12-7-5-4-6-8-12;1-6-8(2)10(13)14-7-9(12)15-11(3,4)5;3*1-4-9(2,3)8(10)12-6-7-5-11-7;1-4-6(2)8(10)12-5-7(9)11-3/h2*9-14H,3-8H2,1-2H3;2*4-8,11H,3,9-10H2,1-2H3;8H,6-7H2,1-5H3;3*7H,4-6H2,1-3H3;6H,4-5H2,1-3H3. The molecule has 3 heterocycles. The minimum atomic E-state index is -0.542. The molecular formula is C102H166O27. The third kappa shape index (κ3) is 44.5. The van der Waals surface area contributed by atoms with Gasteiger partial charge in [0, 0.05) is 0 Å². The Morgan fingerprint density at radius 1 is 0.349 bits per heavy atom. The van der Waals surface area contributed by atoms with Crippen molar-refractivity contribution in [2.24, 2.45) is 99.1 Å². The number of para-hydroxylation sites is 2. The van der Waals surface area contributed by atoms with E-state index in [0.29, 0.717) is 70.9 Å². The first kappa shape index (κ1) is 115. The van der Waals surface area contributed by atoms with E-state index in [1.807, 2.05) is 178 Å². The van der Waals surface area contributed by atoms with Gasteiger partial charge < -0.3 is 75.8 Å². The van der Waals surface area contributed by atoms with E-state index in [-0.39, 0.29) is 149 Å². The Labute approximate surface area is 772 Å². The minimum absolute atomic E-state index is 0.0308. The van der Waals surface area contributed by atoms with Gasteiger partial charge in [0.25, 0.3) is 0 Å². The summed E-state index contributed by atoms with van der Waals surface area (Å²) in [5.41, 5.74) is -1.60. The molecule has 2 aromatic rings. The van der Waals surface area contributed by atoms with Crippen molar-refractivity contribution in [1.82, 2.24) is 0 Å². The average Bonchev–Trinajstić information content (AvgIpc) is 1.60. The van der Waals surface area contributed by atoms with Crippen molar-refractivity contribution < 1.29 is 129 Å². The largest absolute Gasteiger partial charge is 0.490 e.